The van der Waals surface area contributed by atoms with Crippen molar-refractivity contribution >= 4 is 17.3 Å². The first-order valence-electron chi connectivity index (χ1n) is 7.37. The molecule has 1 amide bonds. The number of rotatable bonds is 5. The van der Waals surface area contributed by atoms with E-state index in [1.54, 1.807) is 6.20 Å². The average molecular weight is 338 g/mol. The smallest absolute Gasteiger partial charge is 0.284 e. The fourth-order valence-corrected chi connectivity index (χ4v) is 2.33. The molecule has 1 aromatic heterocycles. The molecule has 0 fully saturated rings. The molecule has 2 aromatic carbocycles. The first-order chi connectivity index (χ1) is 12.1. The van der Waals surface area contributed by atoms with Gasteiger partial charge >= 0.3 is 0 Å². The number of hydrogen-bond donors (Lipinski definition) is 2. The predicted molar refractivity (Wildman–Crippen MR) is 90.6 cm³/mol. The van der Waals surface area contributed by atoms with E-state index >= 15 is 0 Å². The zero-order valence-electron chi connectivity index (χ0n) is 13.0. The SMILES string of the molecule is Nc1cccc([N+](=O)[O-])c1C(=O)NCc1ncc(-c2ccccc2)o1. The molecule has 0 spiro atoms. The van der Waals surface area contributed by atoms with Crippen molar-refractivity contribution in [2.75, 3.05) is 5.73 Å². The van der Waals surface area contributed by atoms with E-state index in [1.807, 2.05) is 30.3 Å². The summed E-state index contributed by atoms with van der Waals surface area (Å²) in [6.07, 6.45) is 1.55. The number of nitro groups is 1. The van der Waals surface area contributed by atoms with Crippen molar-refractivity contribution < 1.29 is 14.1 Å². The molecule has 3 rings (SSSR count). The van der Waals surface area contributed by atoms with Gasteiger partial charge in [-0.25, -0.2) is 4.98 Å². The maximum atomic E-state index is 12.3. The summed E-state index contributed by atoms with van der Waals surface area (Å²) in [7, 11) is 0. The highest BCUT2D eigenvalue weighted by molar-refractivity contribution is 6.02. The van der Waals surface area contributed by atoms with Gasteiger partial charge < -0.3 is 15.5 Å². The Morgan fingerprint density at radius 1 is 1.20 bits per heavy atom. The third kappa shape index (κ3) is 3.47. The Morgan fingerprint density at radius 3 is 2.68 bits per heavy atom. The molecule has 25 heavy (non-hydrogen) atoms. The van der Waals surface area contributed by atoms with Gasteiger partial charge in [-0.3, -0.25) is 14.9 Å². The Bertz CT molecular complexity index is 921. The summed E-state index contributed by atoms with van der Waals surface area (Å²) in [4.78, 5) is 26.8. The number of anilines is 1. The van der Waals surface area contributed by atoms with Gasteiger partial charge in [0.1, 0.15) is 5.56 Å². The van der Waals surface area contributed by atoms with Crippen LogP contribution in [0.4, 0.5) is 11.4 Å². The van der Waals surface area contributed by atoms with Gasteiger partial charge in [0.2, 0.25) is 5.89 Å². The molecule has 0 bridgehead atoms. The lowest BCUT2D eigenvalue weighted by molar-refractivity contribution is -0.385. The number of hydrogen-bond acceptors (Lipinski definition) is 6. The number of carbonyl (C=O) groups is 1. The molecule has 0 aliphatic heterocycles. The van der Waals surface area contributed by atoms with Crippen LogP contribution in [-0.4, -0.2) is 15.8 Å². The quantitative estimate of drug-likeness (QED) is 0.419. The second-order valence-electron chi connectivity index (χ2n) is 5.17. The van der Waals surface area contributed by atoms with Gasteiger partial charge in [0.25, 0.3) is 11.6 Å². The Balaban J connectivity index is 1.74. The topological polar surface area (TPSA) is 124 Å². The minimum absolute atomic E-state index is 0.0167. The molecule has 0 unspecified atom stereocenters. The van der Waals surface area contributed by atoms with E-state index in [0.29, 0.717) is 5.76 Å². The van der Waals surface area contributed by atoms with E-state index < -0.39 is 10.8 Å². The number of oxazole rings is 1. The van der Waals surface area contributed by atoms with Crippen LogP contribution in [-0.2, 0) is 6.54 Å². The second kappa shape index (κ2) is 6.83. The molecule has 3 N–H and O–H groups in total. The molecule has 126 valence electrons. The summed E-state index contributed by atoms with van der Waals surface area (Å²) in [5, 5.41) is 13.6. The summed E-state index contributed by atoms with van der Waals surface area (Å²) in [5.74, 6) is 0.184. The van der Waals surface area contributed by atoms with Crippen LogP contribution in [0.2, 0.25) is 0 Å². The molecule has 3 aromatic rings. The van der Waals surface area contributed by atoms with E-state index in [2.05, 4.69) is 10.3 Å². The zero-order valence-corrected chi connectivity index (χ0v) is 13.0. The Hall–Kier alpha value is -3.68. The highest BCUT2D eigenvalue weighted by Gasteiger charge is 2.23. The van der Waals surface area contributed by atoms with E-state index in [9.17, 15) is 14.9 Å². The molecular weight excluding hydrogens is 324 g/mol. The lowest BCUT2D eigenvalue weighted by Gasteiger charge is -2.06. The summed E-state index contributed by atoms with van der Waals surface area (Å²) in [6, 6.07) is 13.5. The van der Waals surface area contributed by atoms with Gasteiger partial charge in [0.05, 0.1) is 23.4 Å². The minimum atomic E-state index is -0.663. The first-order valence-corrected chi connectivity index (χ1v) is 7.37. The maximum absolute atomic E-state index is 12.3. The average Bonchev–Trinajstić information content (AvgIpc) is 3.09. The fourth-order valence-electron chi connectivity index (χ4n) is 2.33. The van der Waals surface area contributed by atoms with Crippen LogP contribution in [0.25, 0.3) is 11.3 Å². The van der Waals surface area contributed by atoms with Crippen LogP contribution in [0.5, 0.6) is 0 Å². The highest BCUT2D eigenvalue weighted by atomic mass is 16.6. The molecule has 8 nitrogen and oxygen atoms in total. The van der Waals surface area contributed by atoms with Gasteiger partial charge in [-0.1, -0.05) is 36.4 Å². The lowest BCUT2D eigenvalue weighted by Crippen LogP contribution is -2.25. The Kier molecular flexibility index (Phi) is 4.42. The number of nitrogens with zero attached hydrogens (tertiary/aromatic N) is 2. The number of nitrogen functional groups attached to an aromatic ring is 1. The number of benzene rings is 2. The van der Waals surface area contributed by atoms with Crippen molar-refractivity contribution in [3.63, 3.8) is 0 Å². The lowest BCUT2D eigenvalue weighted by atomic mass is 10.1. The number of aromatic nitrogens is 1. The molecule has 1 heterocycles. The van der Waals surface area contributed by atoms with Gasteiger partial charge in [-0.05, 0) is 6.07 Å². The standard InChI is InChI=1S/C17H14N4O4/c18-12-7-4-8-13(21(23)24)16(12)17(22)20-10-15-19-9-14(25-15)11-5-2-1-3-6-11/h1-9H,10,18H2,(H,20,22). The van der Waals surface area contributed by atoms with Crippen molar-refractivity contribution in [2.24, 2.45) is 0 Å². The third-order valence-corrected chi connectivity index (χ3v) is 3.51. The van der Waals surface area contributed by atoms with E-state index in [0.717, 1.165) is 5.56 Å². The number of carbonyl (C=O) groups excluding carboxylic acids is 1. The number of nitrogens with two attached hydrogens (primary N) is 1. The minimum Gasteiger partial charge on any atom is -0.439 e. The number of nitro benzene ring substituents is 1. The largest absolute Gasteiger partial charge is 0.439 e. The van der Waals surface area contributed by atoms with Gasteiger partial charge in [-0.15, -0.1) is 0 Å². The molecule has 0 aliphatic rings. The Morgan fingerprint density at radius 2 is 1.96 bits per heavy atom. The Labute approximate surface area is 142 Å². The van der Waals surface area contributed by atoms with Crippen molar-refractivity contribution in [3.8, 4) is 11.3 Å². The van der Waals surface area contributed by atoms with E-state index in [-0.39, 0.29) is 29.4 Å². The second-order valence-corrected chi connectivity index (χ2v) is 5.17. The van der Waals surface area contributed by atoms with Crippen LogP contribution in [0.15, 0.2) is 59.1 Å². The van der Waals surface area contributed by atoms with Gasteiger partial charge in [0, 0.05) is 11.6 Å². The summed E-state index contributed by atoms with van der Waals surface area (Å²) < 4.78 is 5.57. The maximum Gasteiger partial charge on any atom is 0.284 e. The number of amides is 1. The molecule has 0 radical (unpaired) electrons. The van der Waals surface area contributed by atoms with E-state index in [1.165, 1.54) is 18.2 Å². The molecule has 0 atom stereocenters. The van der Waals surface area contributed by atoms with Crippen LogP contribution in [0.1, 0.15) is 16.2 Å². The number of nitrogens with one attached hydrogen (secondary N) is 1. The highest BCUT2D eigenvalue weighted by Crippen LogP contribution is 2.24. The summed E-state index contributed by atoms with van der Waals surface area (Å²) in [6.45, 7) is -0.0167. The van der Waals surface area contributed by atoms with Crippen LogP contribution in [0.3, 0.4) is 0 Å². The van der Waals surface area contributed by atoms with E-state index in [4.69, 9.17) is 10.2 Å². The van der Waals surface area contributed by atoms with Crippen LogP contribution in [0, 0.1) is 10.1 Å². The van der Waals surface area contributed by atoms with Crippen molar-refractivity contribution in [1.29, 1.82) is 0 Å². The third-order valence-electron chi connectivity index (χ3n) is 3.51. The molecule has 8 heteroatoms. The van der Waals surface area contributed by atoms with Crippen molar-refractivity contribution in [1.82, 2.24) is 10.3 Å². The van der Waals surface area contributed by atoms with Crippen LogP contribution >= 0.6 is 0 Å². The molecule has 0 aliphatic carbocycles. The molecule has 0 saturated carbocycles. The molecular formula is C17H14N4O4. The van der Waals surface area contributed by atoms with Crippen LogP contribution < -0.4 is 11.1 Å². The molecule has 0 saturated heterocycles. The first kappa shape index (κ1) is 16.2. The van der Waals surface area contributed by atoms with Crippen molar-refractivity contribution in [3.05, 3.63) is 76.3 Å². The zero-order chi connectivity index (χ0) is 17.8. The summed E-state index contributed by atoms with van der Waals surface area (Å²) >= 11 is 0. The predicted octanol–water partition coefficient (Wildman–Crippen LogP) is 2.76. The van der Waals surface area contributed by atoms with Gasteiger partial charge in [0.15, 0.2) is 5.76 Å². The summed E-state index contributed by atoms with van der Waals surface area (Å²) in [5.41, 5.74) is 6.06. The monoisotopic (exact) mass is 338 g/mol. The normalized spacial score (nSPS) is 10.4. The van der Waals surface area contributed by atoms with Crippen molar-refractivity contribution in [2.45, 2.75) is 6.54 Å². The van der Waals surface area contributed by atoms with Gasteiger partial charge in [-0.2, -0.15) is 0 Å². The fraction of sp³-hybridized carbons (Fsp3) is 0.0588.